The van der Waals surface area contributed by atoms with Crippen LogP contribution in [0.15, 0.2) is 29.2 Å². The molecule has 0 amide bonds. The van der Waals surface area contributed by atoms with Crippen LogP contribution in [0.5, 0.6) is 0 Å². The first-order valence-corrected chi connectivity index (χ1v) is 26.5. The molecule has 0 radical (unpaired) electrons. The highest BCUT2D eigenvalue weighted by Crippen LogP contribution is 2.41. The fourth-order valence-corrected chi connectivity index (χ4v) is 10.0. The minimum atomic E-state index is -3.78. The molecule has 46 heavy (non-hydrogen) atoms. The van der Waals surface area contributed by atoms with E-state index in [9.17, 15) is 8.42 Å². The molecule has 268 valence electrons. The summed E-state index contributed by atoms with van der Waals surface area (Å²) in [5.74, 6) is 0. The van der Waals surface area contributed by atoms with Crippen LogP contribution in [0.1, 0.15) is 117 Å². The number of hydrogen-bond acceptors (Lipinski definition) is 5. The van der Waals surface area contributed by atoms with Gasteiger partial charge < -0.3 is 13.9 Å². The number of ether oxygens (including phenoxy) is 2. The molecule has 1 fully saturated rings. The van der Waals surface area contributed by atoms with Gasteiger partial charge in [0.15, 0.2) is 8.32 Å². The Morgan fingerprint density at radius 3 is 1.93 bits per heavy atom. The van der Waals surface area contributed by atoms with Crippen molar-refractivity contribution in [1.82, 2.24) is 4.31 Å². The molecule has 0 bridgehead atoms. The van der Waals surface area contributed by atoms with Crippen molar-refractivity contribution in [3.05, 3.63) is 29.8 Å². The van der Waals surface area contributed by atoms with Gasteiger partial charge in [-0.05, 0) is 62.5 Å². The van der Waals surface area contributed by atoms with E-state index in [1.807, 2.05) is 23.4 Å². The second-order valence-corrected chi connectivity index (χ2v) is 28.8. The van der Waals surface area contributed by atoms with Gasteiger partial charge in [-0.1, -0.05) is 129 Å². The summed E-state index contributed by atoms with van der Waals surface area (Å²) in [7, 11) is -7.15. The largest absolute Gasteiger partial charge is 0.412 e. The first kappa shape index (κ1) is 41.6. The van der Waals surface area contributed by atoms with E-state index in [1.165, 1.54) is 51.4 Å². The third-order valence-corrected chi connectivity index (χ3v) is 18.3. The van der Waals surface area contributed by atoms with Crippen LogP contribution < -0.4 is 0 Å². The standard InChI is InChI=1S/C37H71NO5SSi2/c1-11-12-13-14-15-16-17-18-19-20-21-33-24-27-36(43-46(9,10)37(3,4)5)35(30-42-31-41-28-29-45(6,7)8)38(33)44(39,40)34-25-22-32(2)23-26-34/h22-23,25-26,33,35-36H,11-21,24,27-31H2,1-10H3/t33-,35+,36-/m1/s1. The molecule has 1 aromatic rings. The molecule has 3 atom stereocenters. The van der Waals surface area contributed by atoms with Crippen LogP contribution in [0.3, 0.4) is 0 Å². The third-order valence-electron chi connectivity index (χ3n) is 10.1. The number of aryl methyl sites for hydroxylation is 1. The molecule has 0 aromatic heterocycles. The number of hydrogen-bond donors (Lipinski definition) is 0. The predicted octanol–water partition coefficient (Wildman–Crippen LogP) is 10.5. The molecular formula is C37H71NO5SSi2. The normalized spacial score (nSPS) is 20.3. The maximum atomic E-state index is 14.6. The molecule has 1 saturated heterocycles. The van der Waals surface area contributed by atoms with Crippen molar-refractivity contribution in [3.63, 3.8) is 0 Å². The Hall–Kier alpha value is -0.556. The minimum Gasteiger partial charge on any atom is -0.412 e. The van der Waals surface area contributed by atoms with Gasteiger partial charge in [-0.2, -0.15) is 4.31 Å². The number of sulfonamides is 1. The average molecular weight is 698 g/mol. The smallest absolute Gasteiger partial charge is 0.243 e. The Bertz CT molecular complexity index is 1080. The maximum Gasteiger partial charge on any atom is 0.243 e. The van der Waals surface area contributed by atoms with Gasteiger partial charge >= 0.3 is 0 Å². The topological polar surface area (TPSA) is 65.1 Å². The number of unbranched alkanes of at least 4 members (excludes halogenated alkanes) is 9. The van der Waals surface area contributed by atoms with Crippen LogP contribution in [0, 0.1) is 6.92 Å². The maximum absolute atomic E-state index is 14.6. The van der Waals surface area contributed by atoms with E-state index < -0.39 is 32.5 Å². The van der Waals surface area contributed by atoms with Gasteiger partial charge in [0, 0.05) is 20.7 Å². The molecule has 0 saturated carbocycles. The quantitative estimate of drug-likeness (QED) is 0.0685. The lowest BCUT2D eigenvalue weighted by Gasteiger charge is -2.49. The summed E-state index contributed by atoms with van der Waals surface area (Å²) in [6.45, 7) is 23.7. The second-order valence-electron chi connectivity index (χ2n) is 16.5. The van der Waals surface area contributed by atoms with Crippen LogP contribution in [-0.2, 0) is 23.9 Å². The Kier molecular flexibility index (Phi) is 17.7. The van der Waals surface area contributed by atoms with Gasteiger partial charge in [0.25, 0.3) is 0 Å². The summed E-state index contributed by atoms with van der Waals surface area (Å²) >= 11 is 0. The molecule has 0 aliphatic carbocycles. The molecule has 0 N–H and O–H groups in total. The lowest BCUT2D eigenvalue weighted by atomic mass is 9.92. The van der Waals surface area contributed by atoms with Crippen molar-refractivity contribution in [3.8, 4) is 0 Å². The summed E-state index contributed by atoms with van der Waals surface area (Å²) in [4.78, 5) is 0.357. The van der Waals surface area contributed by atoms with Crippen LogP contribution in [-0.4, -0.2) is 67.3 Å². The van der Waals surface area contributed by atoms with E-state index in [0.29, 0.717) is 11.5 Å². The highest BCUT2D eigenvalue weighted by atomic mass is 32.2. The van der Waals surface area contributed by atoms with E-state index in [1.54, 1.807) is 12.1 Å². The fourth-order valence-electron chi connectivity index (χ4n) is 5.99. The molecule has 1 aliphatic rings. The van der Waals surface area contributed by atoms with Gasteiger partial charge in [0.05, 0.1) is 23.6 Å². The number of piperidine rings is 1. The average Bonchev–Trinajstić information content (AvgIpc) is 2.95. The van der Waals surface area contributed by atoms with Crippen molar-refractivity contribution >= 4 is 26.4 Å². The first-order valence-electron chi connectivity index (χ1n) is 18.4. The van der Waals surface area contributed by atoms with Crippen molar-refractivity contribution in [2.45, 2.75) is 185 Å². The highest BCUT2D eigenvalue weighted by molar-refractivity contribution is 7.89. The summed E-state index contributed by atoms with van der Waals surface area (Å²) in [5.41, 5.74) is 1.05. The first-order chi connectivity index (χ1) is 21.5. The Balaban J connectivity index is 2.25. The van der Waals surface area contributed by atoms with E-state index in [2.05, 4.69) is 60.4 Å². The molecule has 0 unspecified atom stereocenters. The van der Waals surface area contributed by atoms with Gasteiger partial charge in [0.1, 0.15) is 6.79 Å². The zero-order chi connectivity index (χ0) is 34.4. The van der Waals surface area contributed by atoms with Crippen molar-refractivity contribution in [2.75, 3.05) is 20.0 Å². The Morgan fingerprint density at radius 1 is 0.826 bits per heavy atom. The third kappa shape index (κ3) is 14.1. The SMILES string of the molecule is CCCCCCCCCCCC[C@@H]1CC[C@@H](O[Si](C)(C)C(C)(C)C)[C@H](COCOCC[Si](C)(C)C)N1S(=O)(=O)c1ccc(C)cc1. The molecule has 1 aromatic carbocycles. The number of rotatable bonds is 22. The van der Waals surface area contributed by atoms with Gasteiger partial charge in [-0.15, -0.1) is 0 Å². The second kappa shape index (κ2) is 19.6. The highest BCUT2D eigenvalue weighted by Gasteiger charge is 2.48. The lowest BCUT2D eigenvalue weighted by Crippen LogP contribution is -2.60. The minimum absolute atomic E-state index is 0.0197. The number of nitrogens with zero attached hydrogens (tertiary/aromatic N) is 1. The van der Waals surface area contributed by atoms with E-state index in [-0.39, 0.29) is 30.6 Å². The molecular weight excluding hydrogens is 627 g/mol. The zero-order valence-electron chi connectivity index (χ0n) is 31.5. The predicted molar refractivity (Wildman–Crippen MR) is 200 cm³/mol. The van der Waals surface area contributed by atoms with Crippen molar-refractivity contribution < 1.29 is 22.3 Å². The zero-order valence-corrected chi connectivity index (χ0v) is 34.3. The van der Waals surface area contributed by atoms with Crippen LogP contribution in [0.4, 0.5) is 0 Å². The van der Waals surface area contributed by atoms with E-state index in [0.717, 1.165) is 43.7 Å². The van der Waals surface area contributed by atoms with E-state index in [4.69, 9.17) is 13.9 Å². The molecule has 1 aliphatic heterocycles. The molecule has 0 spiro atoms. The van der Waals surface area contributed by atoms with Gasteiger partial charge in [-0.25, -0.2) is 8.42 Å². The lowest BCUT2D eigenvalue weighted by molar-refractivity contribution is -0.0854. The summed E-state index contributed by atoms with van der Waals surface area (Å²) in [6.07, 6.45) is 15.0. The number of benzene rings is 1. The van der Waals surface area contributed by atoms with Crippen LogP contribution in [0.25, 0.3) is 0 Å². The van der Waals surface area contributed by atoms with Gasteiger partial charge in [0.2, 0.25) is 10.0 Å². The van der Waals surface area contributed by atoms with E-state index >= 15 is 0 Å². The Morgan fingerprint density at radius 2 is 1.39 bits per heavy atom. The molecule has 2 rings (SSSR count). The molecule has 9 heteroatoms. The fraction of sp³-hybridized carbons (Fsp3) is 0.838. The monoisotopic (exact) mass is 697 g/mol. The van der Waals surface area contributed by atoms with Gasteiger partial charge in [-0.3, -0.25) is 0 Å². The summed E-state index contributed by atoms with van der Waals surface area (Å²) in [6, 6.07) is 7.93. The Labute approximate surface area is 286 Å². The summed E-state index contributed by atoms with van der Waals surface area (Å²) < 4.78 is 50.0. The summed E-state index contributed by atoms with van der Waals surface area (Å²) in [5, 5.41) is 0.0197. The van der Waals surface area contributed by atoms with Crippen LogP contribution >= 0.6 is 0 Å². The van der Waals surface area contributed by atoms with Crippen LogP contribution in [0.2, 0.25) is 43.8 Å². The van der Waals surface area contributed by atoms with Crippen molar-refractivity contribution in [1.29, 1.82) is 0 Å². The molecule has 1 heterocycles. The van der Waals surface area contributed by atoms with Crippen molar-refractivity contribution in [2.24, 2.45) is 0 Å². The molecule has 6 nitrogen and oxygen atoms in total.